The summed E-state index contributed by atoms with van der Waals surface area (Å²) in [5, 5.41) is 3.51. The van der Waals surface area contributed by atoms with E-state index in [9.17, 15) is 0 Å². The van der Waals surface area contributed by atoms with Crippen LogP contribution in [0.15, 0.2) is 42.7 Å². The Hall–Kier alpha value is -0.970. The van der Waals surface area contributed by atoms with E-state index in [-0.39, 0.29) is 0 Å². The van der Waals surface area contributed by atoms with E-state index in [1.54, 1.807) is 18.0 Å². The third kappa shape index (κ3) is 2.08. The summed E-state index contributed by atoms with van der Waals surface area (Å²) < 4.78 is 5.36. The molecule has 1 fully saturated rings. The molecule has 2 aliphatic rings. The maximum Gasteiger partial charge on any atom is 0.141 e. The Labute approximate surface area is 105 Å². The molecular formula is C13H16N2OS. The van der Waals surface area contributed by atoms with Crippen molar-refractivity contribution in [2.45, 2.75) is 11.0 Å². The first kappa shape index (κ1) is 11.1. The summed E-state index contributed by atoms with van der Waals surface area (Å²) >= 11 is 1.76. The zero-order chi connectivity index (χ0) is 11.7. The second-order valence-electron chi connectivity index (χ2n) is 4.49. The van der Waals surface area contributed by atoms with Crippen LogP contribution in [0.4, 0.5) is 0 Å². The number of hydrogen-bond donors (Lipinski definition) is 2. The summed E-state index contributed by atoms with van der Waals surface area (Å²) in [4.78, 5) is -0.489. The van der Waals surface area contributed by atoms with Gasteiger partial charge in [0.15, 0.2) is 0 Å². The van der Waals surface area contributed by atoms with Crippen LogP contribution >= 0.6 is 11.8 Å². The molecule has 3 unspecified atom stereocenters. The van der Waals surface area contributed by atoms with E-state index in [0.29, 0.717) is 18.6 Å². The molecule has 2 heterocycles. The minimum atomic E-state index is -0.489. The standard InChI is InChI=1S/C13H16N2OS/c14-13(11-4-2-1-3-5-11)15-12-8-16-7-6-10(12)9-17-13/h1-7,10,12,15H,8-9,14H2. The van der Waals surface area contributed by atoms with Gasteiger partial charge in [0.05, 0.1) is 12.3 Å². The van der Waals surface area contributed by atoms with Crippen molar-refractivity contribution in [3.05, 3.63) is 48.2 Å². The maximum atomic E-state index is 6.46. The molecule has 3 N–H and O–H groups in total. The second kappa shape index (κ2) is 4.37. The van der Waals surface area contributed by atoms with Crippen molar-refractivity contribution < 1.29 is 4.74 Å². The lowest BCUT2D eigenvalue weighted by Crippen LogP contribution is -2.60. The predicted octanol–water partition coefficient (Wildman–Crippen LogP) is 1.62. The number of nitrogens with two attached hydrogens (primary N) is 1. The molecule has 3 atom stereocenters. The van der Waals surface area contributed by atoms with Crippen LogP contribution in [0.1, 0.15) is 5.56 Å². The number of rotatable bonds is 1. The van der Waals surface area contributed by atoms with Crippen LogP contribution in [-0.2, 0) is 9.73 Å². The number of benzene rings is 1. The van der Waals surface area contributed by atoms with Gasteiger partial charge in [-0.3, -0.25) is 5.32 Å². The van der Waals surface area contributed by atoms with Gasteiger partial charge < -0.3 is 10.5 Å². The van der Waals surface area contributed by atoms with Gasteiger partial charge in [0.2, 0.25) is 0 Å². The van der Waals surface area contributed by atoms with Crippen molar-refractivity contribution >= 4 is 11.8 Å². The quantitative estimate of drug-likeness (QED) is 0.793. The summed E-state index contributed by atoms with van der Waals surface area (Å²) in [7, 11) is 0. The first-order valence-electron chi connectivity index (χ1n) is 5.82. The van der Waals surface area contributed by atoms with E-state index < -0.39 is 4.99 Å². The topological polar surface area (TPSA) is 47.3 Å². The van der Waals surface area contributed by atoms with Crippen LogP contribution < -0.4 is 11.1 Å². The van der Waals surface area contributed by atoms with Crippen LogP contribution in [0.3, 0.4) is 0 Å². The molecule has 2 aliphatic heterocycles. The van der Waals surface area contributed by atoms with Gasteiger partial charge in [-0.15, -0.1) is 11.8 Å². The van der Waals surface area contributed by atoms with Crippen molar-refractivity contribution in [3.8, 4) is 0 Å². The molecular weight excluding hydrogens is 232 g/mol. The van der Waals surface area contributed by atoms with Gasteiger partial charge in [0.25, 0.3) is 0 Å². The van der Waals surface area contributed by atoms with Crippen molar-refractivity contribution in [1.82, 2.24) is 5.32 Å². The number of nitrogens with one attached hydrogen (secondary N) is 1. The molecule has 0 aromatic heterocycles. The van der Waals surface area contributed by atoms with Crippen molar-refractivity contribution in [3.63, 3.8) is 0 Å². The maximum absolute atomic E-state index is 6.46. The highest BCUT2D eigenvalue weighted by molar-refractivity contribution is 8.00. The summed E-state index contributed by atoms with van der Waals surface area (Å²) in [5.41, 5.74) is 7.58. The van der Waals surface area contributed by atoms with E-state index >= 15 is 0 Å². The fourth-order valence-corrected chi connectivity index (χ4v) is 3.63. The molecule has 4 heteroatoms. The van der Waals surface area contributed by atoms with Gasteiger partial charge in [-0.25, -0.2) is 0 Å². The average molecular weight is 248 g/mol. The van der Waals surface area contributed by atoms with Crippen molar-refractivity contribution in [2.24, 2.45) is 11.7 Å². The number of fused-ring (bicyclic) bond motifs is 1. The Morgan fingerprint density at radius 2 is 2.18 bits per heavy atom. The first-order chi connectivity index (χ1) is 8.28. The molecule has 0 spiro atoms. The highest BCUT2D eigenvalue weighted by Crippen LogP contribution is 2.37. The smallest absolute Gasteiger partial charge is 0.141 e. The summed E-state index contributed by atoms with van der Waals surface area (Å²) in [6.07, 6.45) is 3.92. The van der Waals surface area contributed by atoms with E-state index in [1.807, 2.05) is 18.2 Å². The minimum absolute atomic E-state index is 0.312. The molecule has 3 nitrogen and oxygen atoms in total. The molecule has 0 amide bonds. The molecule has 1 saturated heterocycles. The lowest BCUT2D eigenvalue weighted by atomic mass is 9.99. The molecule has 0 saturated carbocycles. The second-order valence-corrected chi connectivity index (χ2v) is 5.76. The summed E-state index contributed by atoms with van der Waals surface area (Å²) in [6.45, 7) is 0.702. The van der Waals surface area contributed by atoms with Crippen LogP contribution in [0, 0.1) is 5.92 Å². The molecule has 3 rings (SSSR count). The SMILES string of the molecule is NC1(c2ccccc2)NC2COC=CC2CS1. The lowest BCUT2D eigenvalue weighted by Gasteiger charge is -2.43. The lowest BCUT2D eigenvalue weighted by molar-refractivity contribution is 0.152. The van der Waals surface area contributed by atoms with E-state index in [1.165, 1.54) is 0 Å². The number of ether oxygens (including phenoxy) is 1. The molecule has 90 valence electrons. The molecule has 0 radical (unpaired) electrons. The number of thioether (sulfide) groups is 1. The molecule has 17 heavy (non-hydrogen) atoms. The fraction of sp³-hybridized carbons (Fsp3) is 0.385. The van der Waals surface area contributed by atoms with E-state index in [2.05, 4.69) is 23.5 Å². The van der Waals surface area contributed by atoms with Crippen molar-refractivity contribution in [1.29, 1.82) is 0 Å². The van der Waals surface area contributed by atoms with Crippen LogP contribution in [0.25, 0.3) is 0 Å². The highest BCUT2D eigenvalue weighted by atomic mass is 32.2. The normalized spacial score (nSPS) is 36.1. The Morgan fingerprint density at radius 1 is 1.35 bits per heavy atom. The molecule has 0 bridgehead atoms. The molecule has 1 aromatic rings. The van der Waals surface area contributed by atoms with Crippen molar-refractivity contribution in [2.75, 3.05) is 12.4 Å². The molecule has 0 aliphatic carbocycles. The van der Waals surface area contributed by atoms with Gasteiger partial charge in [0.1, 0.15) is 11.6 Å². The van der Waals surface area contributed by atoms with Gasteiger partial charge in [-0.2, -0.15) is 0 Å². The summed E-state index contributed by atoms with van der Waals surface area (Å²) in [5.74, 6) is 1.55. The zero-order valence-corrected chi connectivity index (χ0v) is 10.3. The third-order valence-electron chi connectivity index (χ3n) is 3.32. The van der Waals surface area contributed by atoms with Gasteiger partial charge in [-0.1, -0.05) is 30.3 Å². The Kier molecular flexibility index (Phi) is 2.86. The zero-order valence-electron chi connectivity index (χ0n) is 9.50. The summed E-state index contributed by atoms with van der Waals surface area (Å²) in [6, 6.07) is 10.5. The first-order valence-corrected chi connectivity index (χ1v) is 6.81. The number of hydrogen-bond acceptors (Lipinski definition) is 4. The van der Waals surface area contributed by atoms with Gasteiger partial charge >= 0.3 is 0 Å². The van der Waals surface area contributed by atoms with Crippen LogP contribution in [0.5, 0.6) is 0 Å². The Morgan fingerprint density at radius 3 is 3.00 bits per heavy atom. The minimum Gasteiger partial charge on any atom is -0.500 e. The van der Waals surface area contributed by atoms with Crippen LogP contribution in [0.2, 0.25) is 0 Å². The fourth-order valence-electron chi connectivity index (χ4n) is 2.29. The van der Waals surface area contributed by atoms with Gasteiger partial charge in [0, 0.05) is 11.7 Å². The Balaban J connectivity index is 1.84. The van der Waals surface area contributed by atoms with Crippen LogP contribution in [-0.4, -0.2) is 18.4 Å². The monoisotopic (exact) mass is 248 g/mol. The van der Waals surface area contributed by atoms with E-state index in [4.69, 9.17) is 10.5 Å². The largest absolute Gasteiger partial charge is 0.500 e. The van der Waals surface area contributed by atoms with Gasteiger partial charge in [-0.05, 0) is 11.6 Å². The van der Waals surface area contributed by atoms with E-state index in [0.717, 1.165) is 11.3 Å². The Bertz CT molecular complexity index is 423. The predicted molar refractivity (Wildman–Crippen MR) is 70.3 cm³/mol. The average Bonchev–Trinajstić information content (AvgIpc) is 2.40. The third-order valence-corrected chi connectivity index (χ3v) is 4.68. The molecule has 1 aromatic carbocycles. The highest BCUT2D eigenvalue weighted by Gasteiger charge is 2.39.